The molecule has 1 aromatic carbocycles. The topological polar surface area (TPSA) is 110 Å². The molecule has 1 heterocycles. The molecule has 0 radical (unpaired) electrons. The van der Waals surface area contributed by atoms with E-state index in [9.17, 15) is 23.1 Å². The van der Waals surface area contributed by atoms with Crippen molar-refractivity contribution >= 4 is 16.0 Å². The van der Waals surface area contributed by atoms with Crippen molar-refractivity contribution in [2.24, 2.45) is 5.92 Å². The van der Waals surface area contributed by atoms with Crippen molar-refractivity contribution in [3.63, 3.8) is 0 Å². The minimum Gasteiger partial charge on any atom is -0.480 e. The Morgan fingerprint density at radius 2 is 2.00 bits per heavy atom. The van der Waals surface area contributed by atoms with Gasteiger partial charge in [-0.05, 0) is 23.6 Å². The SMILES string of the molecule is [2H]c1cc(Cn2c(CC)nccc2=O)ccc1S(=O)(=O)N(C)[C@H](C(=O)O)[C@@H](C)CC. The van der Waals surface area contributed by atoms with E-state index in [1.807, 2.05) is 6.92 Å². The number of aliphatic carboxylic acids is 1. The maximum atomic E-state index is 13.0. The van der Waals surface area contributed by atoms with Crippen molar-refractivity contribution in [1.82, 2.24) is 13.9 Å². The minimum atomic E-state index is -4.20. The number of sulfonamides is 1. The molecule has 0 aliphatic rings. The molecule has 0 bridgehead atoms. The number of carboxylic acids is 1. The number of rotatable bonds is 9. The van der Waals surface area contributed by atoms with Gasteiger partial charge in [-0.3, -0.25) is 14.2 Å². The molecule has 1 aromatic heterocycles. The zero-order valence-corrected chi connectivity index (χ0v) is 17.8. The van der Waals surface area contributed by atoms with E-state index in [4.69, 9.17) is 1.37 Å². The van der Waals surface area contributed by atoms with Crippen LogP contribution in [-0.4, -0.2) is 46.4 Å². The van der Waals surface area contributed by atoms with Crippen molar-refractivity contribution < 1.29 is 19.7 Å². The largest absolute Gasteiger partial charge is 0.480 e. The first-order valence-electron chi connectivity index (χ1n) is 9.89. The fourth-order valence-electron chi connectivity index (χ4n) is 3.09. The van der Waals surface area contributed by atoms with Gasteiger partial charge in [-0.2, -0.15) is 4.31 Å². The summed E-state index contributed by atoms with van der Waals surface area (Å²) >= 11 is 0. The molecule has 2 rings (SSSR count). The van der Waals surface area contributed by atoms with Crippen LogP contribution in [0.1, 0.15) is 40.0 Å². The van der Waals surface area contributed by atoms with Crippen LogP contribution in [0.5, 0.6) is 0 Å². The first-order valence-corrected chi connectivity index (χ1v) is 10.8. The number of likely N-dealkylation sites (N-methyl/N-ethyl adjacent to an activating group) is 1. The van der Waals surface area contributed by atoms with E-state index < -0.39 is 28.0 Å². The molecule has 9 heteroatoms. The number of hydrogen-bond donors (Lipinski definition) is 1. The first kappa shape index (κ1) is 21.2. The zero-order chi connectivity index (χ0) is 22.6. The highest BCUT2D eigenvalue weighted by Crippen LogP contribution is 2.22. The maximum absolute atomic E-state index is 13.0. The highest BCUT2D eigenvalue weighted by atomic mass is 32.2. The number of hydrogen-bond acceptors (Lipinski definition) is 5. The van der Waals surface area contributed by atoms with Crippen molar-refractivity contribution in [2.45, 2.75) is 51.1 Å². The predicted octanol–water partition coefficient (Wildman–Crippen LogP) is 1.97. The summed E-state index contributed by atoms with van der Waals surface area (Å²) in [6.45, 7) is 5.49. The van der Waals surface area contributed by atoms with Crippen LogP contribution in [0.15, 0.2) is 46.2 Å². The van der Waals surface area contributed by atoms with E-state index in [1.54, 1.807) is 13.8 Å². The van der Waals surface area contributed by atoms with E-state index in [0.29, 0.717) is 24.2 Å². The van der Waals surface area contributed by atoms with E-state index in [1.165, 1.54) is 42.1 Å². The third-order valence-electron chi connectivity index (χ3n) is 5.01. The predicted molar refractivity (Wildman–Crippen MR) is 109 cm³/mol. The summed E-state index contributed by atoms with van der Waals surface area (Å²) in [6.07, 6.45) is 2.48. The van der Waals surface area contributed by atoms with Gasteiger partial charge < -0.3 is 5.11 Å². The van der Waals surface area contributed by atoms with Crippen LogP contribution >= 0.6 is 0 Å². The maximum Gasteiger partial charge on any atom is 0.322 e. The summed E-state index contributed by atoms with van der Waals surface area (Å²) in [4.78, 5) is 27.7. The van der Waals surface area contributed by atoms with Gasteiger partial charge in [-0.15, -0.1) is 0 Å². The van der Waals surface area contributed by atoms with Crippen LogP contribution in [0.3, 0.4) is 0 Å². The van der Waals surface area contributed by atoms with Gasteiger partial charge in [0, 0.05) is 25.7 Å². The number of carbonyl (C=O) groups is 1. The Morgan fingerprint density at radius 1 is 1.31 bits per heavy atom. The van der Waals surface area contributed by atoms with Gasteiger partial charge in [0.05, 0.1) is 12.8 Å². The average molecular weight is 423 g/mol. The molecule has 0 amide bonds. The fraction of sp³-hybridized carbons (Fsp3) is 0.450. The lowest BCUT2D eigenvalue weighted by molar-refractivity contribution is -0.142. The number of aryl methyl sites for hydroxylation is 1. The normalized spacial score (nSPS) is 14.4. The van der Waals surface area contributed by atoms with Gasteiger partial charge >= 0.3 is 5.97 Å². The smallest absolute Gasteiger partial charge is 0.322 e. The van der Waals surface area contributed by atoms with Crippen molar-refractivity contribution in [3.8, 4) is 0 Å². The fourth-order valence-corrected chi connectivity index (χ4v) is 4.45. The lowest BCUT2D eigenvalue weighted by Gasteiger charge is -2.28. The summed E-state index contributed by atoms with van der Waals surface area (Å²) in [5, 5.41) is 9.52. The Labute approximate surface area is 172 Å². The van der Waals surface area contributed by atoms with Crippen molar-refractivity contribution in [1.29, 1.82) is 0 Å². The lowest BCUT2D eigenvalue weighted by atomic mass is 10.00. The second-order valence-corrected chi connectivity index (χ2v) is 8.86. The molecule has 8 nitrogen and oxygen atoms in total. The molecule has 2 aromatic rings. The molecule has 1 N–H and O–H groups in total. The molecule has 0 saturated carbocycles. The first-order chi connectivity index (χ1) is 14.0. The molecule has 0 fully saturated rings. The van der Waals surface area contributed by atoms with Crippen molar-refractivity contribution in [3.05, 3.63) is 58.2 Å². The second-order valence-electron chi connectivity index (χ2n) is 6.89. The Kier molecular flexibility index (Phi) is 6.81. The number of carboxylic acid groups (broad SMARTS) is 1. The average Bonchev–Trinajstić information content (AvgIpc) is 2.68. The van der Waals surface area contributed by atoms with Crippen LogP contribution in [0, 0.1) is 5.92 Å². The lowest BCUT2D eigenvalue weighted by Crippen LogP contribution is -2.46. The van der Waals surface area contributed by atoms with E-state index in [0.717, 1.165) is 4.31 Å². The van der Waals surface area contributed by atoms with E-state index in [2.05, 4.69) is 4.98 Å². The highest BCUT2D eigenvalue weighted by Gasteiger charge is 2.35. The van der Waals surface area contributed by atoms with Gasteiger partial charge in [0.1, 0.15) is 11.9 Å². The Balaban J connectivity index is 2.41. The molecular formula is C20H27N3O5S. The summed E-state index contributed by atoms with van der Waals surface area (Å²) in [5.41, 5.74) is 0.339. The summed E-state index contributed by atoms with van der Waals surface area (Å²) in [7, 11) is -2.98. The van der Waals surface area contributed by atoms with Crippen LogP contribution in [-0.2, 0) is 27.8 Å². The standard InChI is InChI=1S/C20H27N3O5S/c1-5-14(3)19(20(25)26)22(4)29(27,28)16-9-7-15(8-10-16)13-23-17(6-2)21-12-11-18(23)24/h7-12,14,19H,5-6,13H2,1-4H3,(H,25,26)/t14-,19-/m0/s1/i9D. The van der Waals surface area contributed by atoms with Crippen LogP contribution in [0.2, 0.25) is 0 Å². The summed E-state index contributed by atoms with van der Waals surface area (Å²) in [6, 6.07) is 4.03. The molecule has 0 saturated heterocycles. The van der Waals surface area contributed by atoms with Crippen molar-refractivity contribution in [2.75, 3.05) is 7.05 Å². The number of benzene rings is 1. The Morgan fingerprint density at radius 3 is 2.55 bits per heavy atom. The van der Waals surface area contributed by atoms with Crippen LogP contribution in [0.25, 0.3) is 0 Å². The molecule has 29 heavy (non-hydrogen) atoms. The molecular weight excluding hydrogens is 394 g/mol. The number of nitrogens with zero attached hydrogens (tertiary/aromatic N) is 3. The highest BCUT2D eigenvalue weighted by molar-refractivity contribution is 7.89. The minimum absolute atomic E-state index is 0.155. The second kappa shape index (κ2) is 9.32. The van der Waals surface area contributed by atoms with Gasteiger partial charge in [0.2, 0.25) is 10.0 Å². The third kappa shape index (κ3) is 4.91. The number of aromatic nitrogens is 2. The summed E-state index contributed by atoms with van der Waals surface area (Å²) < 4.78 is 36.6. The third-order valence-corrected chi connectivity index (χ3v) is 6.80. The van der Waals surface area contributed by atoms with Gasteiger partial charge in [0.15, 0.2) is 0 Å². The summed E-state index contributed by atoms with van der Waals surface area (Å²) in [5.74, 6) is -1.05. The molecule has 0 unspecified atom stereocenters. The molecule has 0 spiro atoms. The van der Waals surface area contributed by atoms with Gasteiger partial charge in [-0.25, -0.2) is 13.4 Å². The molecule has 0 aliphatic carbocycles. The van der Waals surface area contributed by atoms with Crippen LogP contribution in [0.4, 0.5) is 0 Å². The Hall–Kier alpha value is -2.52. The monoisotopic (exact) mass is 422 g/mol. The van der Waals surface area contributed by atoms with Crippen LogP contribution < -0.4 is 5.56 Å². The zero-order valence-electron chi connectivity index (χ0n) is 18.0. The Bertz CT molecular complexity index is 1080. The van der Waals surface area contributed by atoms with E-state index >= 15 is 0 Å². The van der Waals surface area contributed by atoms with E-state index in [-0.39, 0.29) is 23.0 Å². The van der Waals surface area contributed by atoms with Gasteiger partial charge in [0.25, 0.3) is 5.56 Å². The molecule has 2 atom stereocenters. The molecule has 158 valence electrons. The molecule has 0 aliphatic heterocycles. The quantitative estimate of drug-likeness (QED) is 0.662. The van der Waals surface area contributed by atoms with Gasteiger partial charge in [-0.1, -0.05) is 39.3 Å².